The lowest BCUT2D eigenvalue weighted by atomic mass is 9.94. The molecule has 1 saturated heterocycles. The van der Waals surface area contributed by atoms with Crippen LogP contribution in [0.4, 0.5) is 5.82 Å². The lowest BCUT2D eigenvalue weighted by molar-refractivity contribution is -0.118. The quantitative estimate of drug-likeness (QED) is 0.411. The highest BCUT2D eigenvalue weighted by molar-refractivity contribution is 7.82. The molecule has 1 aliphatic heterocycles. The van der Waals surface area contributed by atoms with E-state index < -0.39 is 16.4 Å². The summed E-state index contributed by atoms with van der Waals surface area (Å²) in [6.07, 6.45) is 7.09. The second-order valence-corrected chi connectivity index (χ2v) is 11.0. The zero-order chi connectivity index (χ0) is 24.7. The SMILES string of the molecule is C[C@H]1CCCN1S(=O)c1ccc(-c2cccc(NC(=O)C3(c4ccc5nccnc5c4)CC3)n2)cc1. The summed E-state index contributed by atoms with van der Waals surface area (Å²) < 4.78 is 15.0. The number of hydrogen-bond acceptors (Lipinski definition) is 5. The van der Waals surface area contributed by atoms with Crippen molar-refractivity contribution in [2.24, 2.45) is 0 Å². The maximum absolute atomic E-state index is 13.3. The average molecular weight is 498 g/mol. The van der Waals surface area contributed by atoms with Gasteiger partial charge in [0, 0.05) is 30.5 Å². The van der Waals surface area contributed by atoms with Gasteiger partial charge in [0.2, 0.25) is 5.91 Å². The van der Waals surface area contributed by atoms with Crippen LogP contribution in [0.1, 0.15) is 38.2 Å². The maximum Gasteiger partial charge on any atom is 0.236 e. The van der Waals surface area contributed by atoms with E-state index in [1.54, 1.807) is 12.4 Å². The van der Waals surface area contributed by atoms with Crippen LogP contribution >= 0.6 is 0 Å². The van der Waals surface area contributed by atoms with Gasteiger partial charge in [0.25, 0.3) is 0 Å². The summed E-state index contributed by atoms with van der Waals surface area (Å²) in [6, 6.07) is 19.5. The van der Waals surface area contributed by atoms with Crippen molar-refractivity contribution >= 4 is 33.7 Å². The average Bonchev–Trinajstić information content (AvgIpc) is 3.63. The number of fused-ring (bicyclic) bond motifs is 1. The van der Waals surface area contributed by atoms with E-state index in [1.807, 2.05) is 60.7 Å². The number of amides is 1. The van der Waals surface area contributed by atoms with E-state index in [2.05, 4.69) is 26.5 Å². The Balaban J connectivity index is 1.19. The smallest absolute Gasteiger partial charge is 0.236 e. The zero-order valence-corrected chi connectivity index (χ0v) is 20.9. The molecule has 1 amide bonds. The van der Waals surface area contributed by atoms with E-state index in [-0.39, 0.29) is 5.91 Å². The molecule has 0 spiro atoms. The van der Waals surface area contributed by atoms with Crippen molar-refractivity contribution in [1.82, 2.24) is 19.3 Å². The second-order valence-electron chi connectivity index (χ2n) is 9.61. The normalized spacial score (nSPS) is 19.8. The number of carbonyl (C=O) groups excluding carboxylic acids is 1. The van der Waals surface area contributed by atoms with Crippen molar-refractivity contribution in [2.75, 3.05) is 11.9 Å². The van der Waals surface area contributed by atoms with Gasteiger partial charge in [0.15, 0.2) is 0 Å². The van der Waals surface area contributed by atoms with E-state index in [9.17, 15) is 9.00 Å². The Morgan fingerprint density at radius 2 is 1.81 bits per heavy atom. The van der Waals surface area contributed by atoms with E-state index in [4.69, 9.17) is 4.98 Å². The molecule has 36 heavy (non-hydrogen) atoms. The molecule has 1 aliphatic carbocycles. The molecule has 7 nitrogen and oxygen atoms in total. The summed E-state index contributed by atoms with van der Waals surface area (Å²) in [7, 11) is -1.15. The molecule has 2 aromatic carbocycles. The van der Waals surface area contributed by atoms with Crippen molar-refractivity contribution in [3.8, 4) is 11.3 Å². The number of pyridine rings is 1. The summed E-state index contributed by atoms with van der Waals surface area (Å²) >= 11 is 0. The number of anilines is 1. The molecule has 6 rings (SSSR count). The van der Waals surface area contributed by atoms with Gasteiger partial charge in [-0.3, -0.25) is 14.8 Å². The molecule has 1 N–H and O–H groups in total. The number of nitrogens with zero attached hydrogens (tertiary/aromatic N) is 4. The number of carbonyl (C=O) groups is 1. The van der Waals surface area contributed by atoms with Gasteiger partial charge in [-0.1, -0.05) is 24.3 Å². The maximum atomic E-state index is 13.3. The Labute approximate surface area is 212 Å². The van der Waals surface area contributed by atoms with Crippen molar-refractivity contribution in [1.29, 1.82) is 0 Å². The van der Waals surface area contributed by atoms with Crippen LogP contribution in [0.2, 0.25) is 0 Å². The van der Waals surface area contributed by atoms with E-state index in [0.29, 0.717) is 11.9 Å². The van der Waals surface area contributed by atoms with Crippen molar-refractivity contribution < 1.29 is 9.00 Å². The minimum Gasteiger partial charge on any atom is -0.310 e. The number of rotatable bonds is 6. The predicted molar refractivity (Wildman–Crippen MR) is 141 cm³/mol. The van der Waals surface area contributed by atoms with Crippen LogP contribution in [0.25, 0.3) is 22.3 Å². The van der Waals surface area contributed by atoms with Gasteiger partial charge < -0.3 is 5.32 Å². The van der Waals surface area contributed by atoms with Gasteiger partial charge in [0.05, 0.1) is 27.0 Å². The second kappa shape index (κ2) is 9.19. The monoisotopic (exact) mass is 497 g/mol. The number of benzene rings is 2. The Morgan fingerprint density at radius 1 is 1.03 bits per heavy atom. The molecule has 4 aromatic rings. The Morgan fingerprint density at radius 3 is 2.53 bits per heavy atom. The predicted octanol–water partition coefficient (Wildman–Crippen LogP) is 4.87. The van der Waals surface area contributed by atoms with Crippen LogP contribution in [-0.4, -0.2) is 42.0 Å². The third-order valence-corrected chi connectivity index (χ3v) is 8.90. The van der Waals surface area contributed by atoms with Gasteiger partial charge in [-0.2, -0.15) is 0 Å². The fourth-order valence-electron chi connectivity index (χ4n) is 4.96. The van der Waals surface area contributed by atoms with Gasteiger partial charge in [-0.05, 0) is 74.6 Å². The lowest BCUT2D eigenvalue weighted by Gasteiger charge is -2.19. The fraction of sp³-hybridized carbons (Fsp3) is 0.286. The highest BCUT2D eigenvalue weighted by Gasteiger charge is 2.51. The number of nitrogens with one attached hydrogen (secondary N) is 1. The minimum atomic E-state index is -1.15. The zero-order valence-electron chi connectivity index (χ0n) is 20.1. The highest BCUT2D eigenvalue weighted by Crippen LogP contribution is 2.49. The Hall–Kier alpha value is -3.49. The molecular formula is C28H27N5O2S. The Bertz CT molecular complexity index is 1470. The summed E-state index contributed by atoms with van der Waals surface area (Å²) in [5.41, 5.74) is 3.68. The molecule has 1 saturated carbocycles. The first-order valence-electron chi connectivity index (χ1n) is 12.3. The first-order chi connectivity index (χ1) is 17.5. The largest absolute Gasteiger partial charge is 0.310 e. The molecule has 1 unspecified atom stereocenters. The fourth-order valence-corrected chi connectivity index (χ4v) is 6.33. The molecule has 182 valence electrons. The van der Waals surface area contributed by atoms with Gasteiger partial charge in [-0.25, -0.2) is 13.5 Å². The van der Waals surface area contributed by atoms with Crippen molar-refractivity contribution in [2.45, 2.75) is 49.0 Å². The first kappa shape index (κ1) is 22.9. The summed E-state index contributed by atoms with van der Waals surface area (Å²) in [4.78, 5) is 27.5. The van der Waals surface area contributed by atoms with Crippen LogP contribution in [0.5, 0.6) is 0 Å². The number of hydrogen-bond donors (Lipinski definition) is 1. The summed E-state index contributed by atoms with van der Waals surface area (Å²) in [5.74, 6) is 0.462. The van der Waals surface area contributed by atoms with Crippen LogP contribution in [0, 0.1) is 0 Å². The highest BCUT2D eigenvalue weighted by atomic mass is 32.2. The first-order valence-corrected chi connectivity index (χ1v) is 13.4. The third-order valence-electron chi connectivity index (χ3n) is 7.25. The Kier molecular flexibility index (Phi) is 5.85. The molecule has 2 fully saturated rings. The van der Waals surface area contributed by atoms with Crippen molar-refractivity contribution in [3.05, 3.63) is 78.6 Å². The molecule has 0 radical (unpaired) electrons. The molecule has 0 bridgehead atoms. The van der Waals surface area contributed by atoms with Crippen LogP contribution in [0.3, 0.4) is 0 Å². The molecule has 8 heteroatoms. The summed E-state index contributed by atoms with van der Waals surface area (Å²) in [5, 5.41) is 3.03. The van der Waals surface area contributed by atoms with E-state index in [1.165, 1.54) is 0 Å². The van der Waals surface area contributed by atoms with Crippen LogP contribution < -0.4 is 5.32 Å². The van der Waals surface area contributed by atoms with Crippen LogP contribution in [-0.2, 0) is 21.2 Å². The molecule has 3 heterocycles. The van der Waals surface area contributed by atoms with Crippen LogP contribution in [0.15, 0.2) is 78.0 Å². The van der Waals surface area contributed by atoms with Gasteiger partial charge in [0.1, 0.15) is 16.8 Å². The topological polar surface area (TPSA) is 88.1 Å². The third kappa shape index (κ3) is 4.20. The number of aromatic nitrogens is 3. The molecule has 2 atom stereocenters. The van der Waals surface area contributed by atoms with Gasteiger partial charge in [-0.15, -0.1) is 0 Å². The minimum absolute atomic E-state index is 0.0548. The molecular weight excluding hydrogens is 470 g/mol. The molecule has 2 aromatic heterocycles. The van der Waals surface area contributed by atoms with E-state index >= 15 is 0 Å². The van der Waals surface area contributed by atoms with Crippen molar-refractivity contribution in [3.63, 3.8) is 0 Å². The summed E-state index contributed by atoms with van der Waals surface area (Å²) in [6.45, 7) is 3.00. The molecule has 2 aliphatic rings. The van der Waals surface area contributed by atoms with E-state index in [0.717, 1.165) is 65.0 Å². The lowest BCUT2D eigenvalue weighted by Crippen LogP contribution is -2.28. The van der Waals surface area contributed by atoms with Gasteiger partial charge >= 0.3 is 0 Å². The standard InChI is InChI=1S/C28H27N5O2S/c1-19-4-3-17-33(19)36(35)22-10-7-20(8-11-22)23-5-2-6-26(31-23)32-27(34)28(13-14-28)21-9-12-24-25(18-21)30-16-15-29-24/h2,5-12,15-16,18-19H,3-4,13-14,17H2,1H3,(H,31,32,34)/t19-,36?/m0/s1.